The van der Waals surface area contributed by atoms with E-state index in [2.05, 4.69) is 20.4 Å². The van der Waals surface area contributed by atoms with E-state index in [-0.39, 0.29) is 56.2 Å². The number of H-pyrrole nitrogens is 2. The van der Waals surface area contributed by atoms with Crippen LogP contribution in [0.15, 0.2) is 82.4 Å². The van der Waals surface area contributed by atoms with Crippen molar-refractivity contribution in [2.45, 2.75) is 25.2 Å². The van der Waals surface area contributed by atoms with Crippen molar-refractivity contribution in [2.75, 3.05) is 62.4 Å². The lowest BCUT2D eigenvalue weighted by Crippen LogP contribution is -2.37. The molecule has 0 radical (unpaired) electrons. The normalized spacial score (nSPS) is 14.8. The summed E-state index contributed by atoms with van der Waals surface area (Å²) in [6, 6.07) is 15.6. The third kappa shape index (κ3) is 9.94. The molecule has 8 rings (SSSR count). The second kappa shape index (κ2) is 18.3. The molecule has 6 aromatic rings. The number of morpholine rings is 2. The molecule has 2 aliphatic heterocycles. The molecule has 12 nitrogen and oxygen atoms in total. The van der Waals surface area contributed by atoms with Crippen molar-refractivity contribution in [3.63, 3.8) is 0 Å². The number of rotatable bonds is 8. The number of alkyl halides is 6. The Morgan fingerprint density at radius 3 is 1.42 bits per heavy atom. The van der Waals surface area contributed by atoms with Crippen LogP contribution in [0.25, 0.3) is 21.5 Å². The molecule has 62 heavy (non-hydrogen) atoms. The maximum Gasteiger partial charge on any atom is 0.416 e. The van der Waals surface area contributed by atoms with Gasteiger partial charge in [-0.3, -0.25) is 19.2 Å². The van der Waals surface area contributed by atoms with Crippen molar-refractivity contribution in [2.24, 2.45) is 0 Å². The van der Waals surface area contributed by atoms with E-state index >= 15 is 0 Å². The van der Waals surface area contributed by atoms with E-state index in [9.17, 15) is 45.5 Å². The molecule has 2 aliphatic rings. The van der Waals surface area contributed by atoms with Crippen LogP contribution in [0.5, 0.6) is 0 Å². The number of ketones is 2. The smallest absolute Gasteiger partial charge is 0.378 e. The number of carbonyl (C=O) groups excluding carboxylic acids is 2. The van der Waals surface area contributed by atoms with Gasteiger partial charge in [-0.15, -0.1) is 0 Å². The van der Waals surface area contributed by atoms with Crippen LogP contribution >= 0.6 is 23.2 Å². The first-order valence-corrected chi connectivity index (χ1v) is 19.7. The molecule has 324 valence electrons. The van der Waals surface area contributed by atoms with E-state index < -0.39 is 46.2 Å². The number of aromatic nitrogens is 4. The quantitative estimate of drug-likeness (QED) is 0.115. The molecule has 2 aromatic heterocycles. The molecule has 0 aliphatic carbocycles. The first-order chi connectivity index (χ1) is 29.5. The van der Waals surface area contributed by atoms with Gasteiger partial charge >= 0.3 is 12.4 Å². The van der Waals surface area contributed by atoms with E-state index in [0.29, 0.717) is 74.8 Å². The van der Waals surface area contributed by atoms with Gasteiger partial charge in [0, 0.05) is 72.3 Å². The number of Topliss-reactive ketones (excluding diaryl/α,β-unsaturated/α-hetero) is 2. The van der Waals surface area contributed by atoms with Crippen molar-refractivity contribution in [3.05, 3.63) is 137 Å². The molecule has 4 aromatic carbocycles. The predicted octanol–water partition coefficient (Wildman–Crippen LogP) is 7.71. The standard InChI is InChI=1S/2C21H17ClF3N3O3/c22-19-16-10-12(1-3-15(16)20(30)27-26-19)18(29)11-13-9-14(21(23,24)25)2-4-17(13)28-5-7-31-8-6-28;22-19-15-3-1-12(10-16(15)20(30)27-26-19)18(29)11-13-9-14(21(23,24)25)2-4-17(13)28-5-7-31-8-6-28/h2*1-4,9-10H,5-8,11H2,(H,27,30). The number of carbonyl (C=O) groups is 2. The van der Waals surface area contributed by atoms with Crippen molar-refractivity contribution in [1.29, 1.82) is 0 Å². The first-order valence-electron chi connectivity index (χ1n) is 19.0. The summed E-state index contributed by atoms with van der Waals surface area (Å²) in [6.45, 7) is 3.90. The van der Waals surface area contributed by atoms with Crippen molar-refractivity contribution < 1.29 is 45.4 Å². The molecular formula is C42H34Cl2F6N6O6. The van der Waals surface area contributed by atoms with E-state index in [4.69, 9.17) is 32.7 Å². The second-order valence-corrected chi connectivity index (χ2v) is 15.0. The van der Waals surface area contributed by atoms with Gasteiger partial charge in [0.15, 0.2) is 21.9 Å². The zero-order valence-electron chi connectivity index (χ0n) is 32.3. The van der Waals surface area contributed by atoms with E-state index in [0.717, 1.165) is 24.3 Å². The molecule has 0 unspecified atom stereocenters. The summed E-state index contributed by atoms with van der Waals surface area (Å²) in [5.74, 6) is -0.810. The average Bonchev–Trinajstić information content (AvgIpc) is 3.26. The Hall–Kier alpha value is -5.82. The molecule has 0 atom stereocenters. The van der Waals surface area contributed by atoms with Gasteiger partial charge in [-0.2, -0.15) is 36.5 Å². The van der Waals surface area contributed by atoms with Gasteiger partial charge in [0.2, 0.25) is 0 Å². The van der Waals surface area contributed by atoms with Gasteiger partial charge in [0.1, 0.15) is 0 Å². The summed E-state index contributed by atoms with van der Waals surface area (Å²) in [5, 5.41) is 13.1. The Balaban J connectivity index is 0.000000186. The summed E-state index contributed by atoms with van der Waals surface area (Å²) in [4.78, 5) is 53.7. The summed E-state index contributed by atoms with van der Waals surface area (Å²) >= 11 is 12.0. The summed E-state index contributed by atoms with van der Waals surface area (Å²) in [6.07, 6.45) is -9.54. The van der Waals surface area contributed by atoms with Crippen LogP contribution in [0.1, 0.15) is 43.0 Å². The number of nitrogens with zero attached hydrogens (tertiary/aromatic N) is 4. The zero-order valence-corrected chi connectivity index (χ0v) is 33.8. The molecule has 0 saturated carbocycles. The average molecular weight is 904 g/mol. The predicted molar refractivity (Wildman–Crippen MR) is 220 cm³/mol. The van der Waals surface area contributed by atoms with E-state index in [1.807, 2.05) is 9.80 Å². The largest absolute Gasteiger partial charge is 0.416 e. The number of nitrogens with one attached hydrogen (secondary N) is 2. The van der Waals surface area contributed by atoms with Gasteiger partial charge in [0.05, 0.1) is 48.3 Å². The highest BCUT2D eigenvalue weighted by Gasteiger charge is 2.33. The van der Waals surface area contributed by atoms with E-state index in [1.165, 1.54) is 48.5 Å². The number of fused-ring (bicyclic) bond motifs is 2. The maximum atomic E-state index is 13.3. The third-order valence-corrected chi connectivity index (χ3v) is 10.9. The highest BCUT2D eigenvalue weighted by molar-refractivity contribution is 6.34. The molecule has 0 spiro atoms. The second-order valence-electron chi connectivity index (χ2n) is 14.3. The van der Waals surface area contributed by atoms with Crippen molar-refractivity contribution >= 4 is 67.7 Å². The van der Waals surface area contributed by atoms with Crippen LogP contribution in [0.4, 0.5) is 37.7 Å². The minimum Gasteiger partial charge on any atom is -0.378 e. The van der Waals surface area contributed by atoms with Crippen LogP contribution in [0.2, 0.25) is 10.3 Å². The Labute approximate surface area is 357 Å². The van der Waals surface area contributed by atoms with Crippen LogP contribution in [-0.2, 0) is 34.7 Å². The van der Waals surface area contributed by atoms with Gasteiger partial charge in [-0.05, 0) is 65.7 Å². The Morgan fingerprint density at radius 2 is 0.968 bits per heavy atom. The highest BCUT2D eigenvalue weighted by Crippen LogP contribution is 2.36. The summed E-state index contributed by atoms with van der Waals surface area (Å²) in [5.41, 5.74) is -0.493. The fourth-order valence-corrected chi connectivity index (χ4v) is 7.60. The van der Waals surface area contributed by atoms with Crippen molar-refractivity contribution in [1.82, 2.24) is 20.4 Å². The number of benzene rings is 4. The number of hydrogen-bond donors (Lipinski definition) is 2. The molecule has 2 saturated heterocycles. The number of anilines is 2. The molecular weight excluding hydrogens is 869 g/mol. The maximum absolute atomic E-state index is 13.3. The molecule has 4 heterocycles. The summed E-state index contributed by atoms with van der Waals surface area (Å²) in [7, 11) is 0. The summed E-state index contributed by atoms with van der Waals surface area (Å²) < 4.78 is 90.3. The van der Waals surface area contributed by atoms with Gasteiger partial charge < -0.3 is 19.3 Å². The fourth-order valence-electron chi connectivity index (χ4n) is 7.19. The topological polar surface area (TPSA) is 151 Å². The van der Waals surface area contributed by atoms with Gasteiger partial charge in [0.25, 0.3) is 11.1 Å². The first kappa shape index (κ1) is 44.2. The lowest BCUT2D eigenvalue weighted by atomic mass is 9.97. The molecule has 0 bridgehead atoms. The van der Waals surface area contributed by atoms with Crippen LogP contribution in [0.3, 0.4) is 0 Å². The lowest BCUT2D eigenvalue weighted by Gasteiger charge is -2.31. The van der Waals surface area contributed by atoms with Gasteiger partial charge in [-0.25, -0.2) is 10.2 Å². The number of halogens is 8. The molecule has 0 amide bonds. The Morgan fingerprint density at radius 1 is 0.565 bits per heavy atom. The van der Waals surface area contributed by atoms with Crippen LogP contribution < -0.4 is 20.9 Å². The number of ether oxygens (including phenoxy) is 2. The molecule has 2 fully saturated rings. The highest BCUT2D eigenvalue weighted by atomic mass is 35.5. The number of aromatic amines is 2. The third-order valence-electron chi connectivity index (χ3n) is 10.3. The number of hydrogen-bond acceptors (Lipinski definition) is 10. The van der Waals surface area contributed by atoms with Crippen LogP contribution in [0, 0.1) is 0 Å². The van der Waals surface area contributed by atoms with E-state index in [1.54, 1.807) is 0 Å². The lowest BCUT2D eigenvalue weighted by molar-refractivity contribution is -0.138. The Bertz CT molecular complexity index is 2790. The molecule has 2 N–H and O–H groups in total. The SMILES string of the molecule is O=C(Cc1cc(C(F)(F)F)ccc1N1CCOCC1)c1ccc2c(=O)[nH]nc(Cl)c2c1.O=C(Cc1cc(C(F)(F)F)ccc1N1CCOCC1)c1ccc2c(Cl)n[nH]c(=O)c2c1. The van der Waals surface area contributed by atoms with Crippen molar-refractivity contribution in [3.8, 4) is 0 Å². The van der Waals surface area contributed by atoms with Gasteiger partial charge in [-0.1, -0.05) is 41.4 Å². The minimum atomic E-state index is -4.53. The minimum absolute atomic E-state index is 0.0253. The zero-order chi connectivity index (χ0) is 44.3. The molecule has 20 heteroatoms. The monoisotopic (exact) mass is 902 g/mol. The van der Waals surface area contributed by atoms with Crippen LogP contribution in [-0.4, -0.2) is 84.6 Å². The Kier molecular flexibility index (Phi) is 13.0. The fraction of sp³-hybridized carbons (Fsp3) is 0.286.